The van der Waals surface area contributed by atoms with E-state index < -0.39 is 60.3 Å². The van der Waals surface area contributed by atoms with Crippen molar-refractivity contribution in [2.45, 2.75) is 165 Å². The topological polar surface area (TPSA) is 208 Å². The number of carbonyl (C=O) groups excluding carboxylic acids is 3. The molecule has 0 spiro atoms. The number of aromatic nitrogens is 2. The Balaban J connectivity index is 1.76. The van der Waals surface area contributed by atoms with Crippen molar-refractivity contribution in [3.05, 3.63) is 18.2 Å². The summed E-state index contributed by atoms with van der Waals surface area (Å²) in [6.45, 7) is 3.09. The minimum absolute atomic E-state index is 0.0656. The molecular weight excluding hydrogens is 650 g/mol. The Kier molecular flexibility index (Phi) is 21.8. The van der Waals surface area contributed by atoms with E-state index in [1.165, 1.54) is 96.7 Å². The van der Waals surface area contributed by atoms with Gasteiger partial charge < -0.3 is 46.1 Å². The summed E-state index contributed by atoms with van der Waals surface area (Å²) < 4.78 is 0. The van der Waals surface area contributed by atoms with E-state index in [2.05, 4.69) is 27.5 Å². The van der Waals surface area contributed by atoms with Crippen LogP contribution in [0.15, 0.2) is 12.5 Å². The average molecular weight is 714 g/mol. The normalized spacial score (nSPS) is 19.3. The monoisotopic (exact) mass is 713 g/mol. The van der Waals surface area contributed by atoms with Gasteiger partial charge in [0.05, 0.1) is 12.9 Å². The molecule has 2 unspecified atom stereocenters. The number of imidazole rings is 1. The van der Waals surface area contributed by atoms with Crippen molar-refractivity contribution < 1.29 is 39.9 Å². The fourth-order valence-electron chi connectivity index (χ4n) is 6.20. The van der Waals surface area contributed by atoms with Gasteiger partial charge in [-0.15, -0.1) is 11.8 Å². The molecule has 13 nitrogen and oxygen atoms in total. The van der Waals surface area contributed by atoms with Crippen molar-refractivity contribution >= 4 is 29.5 Å². The van der Waals surface area contributed by atoms with Gasteiger partial charge in [0.2, 0.25) is 17.7 Å². The molecule has 14 heteroatoms. The second-order valence-corrected chi connectivity index (χ2v) is 14.5. The minimum Gasteiger partial charge on any atom is -0.394 e. The minimum atomic E-state index is -1.90. The zero-order valence-corrected chi connectivity index (χ0v) is 30.4. The molecule has 8 N–H and O–H groups in total. The molecule has 1 aliphatic heterocycles. The largest absolute Gasteiger partial charge is 0.394 e. The Morgan fingerprint density at radius 3 is 1.94 bits per heavy atom. The van der Waals surface area contributed by atoms with E-state index in [1.807, 2.05) is 0 Å². The molecule has 0 aromatic carbocycles. The van der Waals surface area contributed by atoms with Crippen LogP contribution in [0.1, 0.15) is 122 Å². The second kappa shape index (κ2) is 24.8. The standard InChI is InChI=1S/C35H63N5O8S/c1-3-4-5-6-7-8-9-10-11-12-13-14-15-16-17-18-19-37-33(47)27(20-26-21-36-24-38-26)39-34(48)28-23-49-35(40(28)25(2)42)32(46)31(45)30(44)29(43)22-41/h21,24,27-32,35,41,43-46H,3-20,22-23H2,1-2H3,(H,36,38)(H,37,47)(H,39,48)/t27-,28?,29+,30-,31-,32-,35?/m0/s1. The summed E-state index contributed by atoms with van der Waals surface area (Å²) in [5.41, 5.74) is 0.639. The van der Waals surface area contributed by atoms with Crippen LogP contribution in [0.2, 0.25) is 0 Å². The van der Waals surface area contributed by atoms with Crippen LogP contribution in [-0.2, 0) is 20.8 Å². The third kappa shape index (κ3) is 15.7. The lowest BCUT2D eigenvalue weighted by molar-refractivity contribution is -0.147. The zero-order chi connectivity index (χ0) is 36.0. The molecule has 0 aliphatic carbocycles. The van der Waals surface area contributed by atoms with Crippen LogP contribution in [0, 0.1) is 0 Å². The summed E-state index contributed by atoms with van der Waals surface area (Å²) in [5.74, 6) is -1.46. The number of hydrogen-bond donors (Lipinski definition) is 8. The first-order chi connectivity index (χ1) is 23.6. The lowest BCUT2D eigenvalue weighted by Gasteiger charge is -2.34. The Morgan fingerprint density at radius 1 is 0.898 bits per heavy atom. The highest BCUT2D eigenvalue weighted by atomic mass is 32.2. The third-order valence-electron chi connectivity index (χ3n) is 9.22. The maximum absolute atomic E-state index is 13.5. The van der Waals surface area contributed by atoms with Crippen LogP contribution >= 0.6 is 11.8 Å². The number of carbonyl (C=O) groups is 3. The quantitative estimate of drug-likeness (QED) is 0.0625. The molecule has 49 heavy (non-hydrogen) atoms. The van der Waals surface area contributed by atoms with E-state index in [4.69, 9.17) is 5.11 Å². The number of nitrogens with one attached hydrogen (secondary N) is 3. The smallest absolute Gasteiger partial charge is 0.244 e. The van der Waals surface area contributed by atoms with Crippen molar-refractivity contribution in [3.8, 4) is 0 Å². The lowest BCUT2D eigenvalue weighted by Crippen LogP contribution is -2.58. The van der Waals surface area contributed by atoms with Crippen molar-refractivity contribution in [2.24, 2.45) is 0 Å². The maximum Gasteiger partial charge on any atom is 0.244 e. The number of amides is 3. The average Bonchev–Trinajstić information content (AvgIpc) is 3.78. The highest BCUT2D eigenvalue weighted by Crippen LogP contribution is 2.33. The molecule has 1 aliphatic rings. The van der Waals surface area contributed by atoms with Crippen molar-refractivity contribution in [2.75, 3.05) is 18.9 Å². The summed E-state index contributed by atoms with van der Waals surface area (Å²) in [7, 11) is 0. The van der Waals surface area contributed by atoms with Gasteiger partial charge in [0.15, 0.2) is 0 Å². The predicted molar refractivity (Wildman–Crippen MR) is 190 cm³/mol. The summed E-state index contributed by atoms with van der Waals surface area (Å²) in [5, 5.41) is 54.5. The van der Waals surface area contributed by atoms with Gasteiger partial charge in [-0.3, -0.25) is 14.4 Å². The Hall–Kier alpha value is -2.23. The Labute approximate surface area is 296 Å². The molecule has 1 aromatic heterocycles. The highest BCUT2D eigenvalue weighted by Gasteiger charge is 2.47. The first-order valence-electron chi connectivity index (χ1n) is 18.4. The van der Waals surface area contributed by atoms with Gasteiger partial charge in [0.1, 0.15) is 41.9 Å². The van der Waals surface area contributed by atoms with Gasteiger partial charge in [0.25, 0.3) is 0 Å². The molecule has 2 heterocycles. The fourth-order valence-corrected chi connectivity index (χ4v) is 7.70. The molecule has 3 amide bonds. The Morgan fingerprint density at radius 2 is 1.45 bits per heavy atom. The molecule has 1 saturated heterocycles. The van der Waals surface area contributed by atoms with Gasteiger partial charge in [-0.1, -0.05) is 103 Å². The molecule has 2 rings (SSSR count). The number of thioether (sulfide) groups is 1. The van der Waals surface area contributed by atoms with Crippen LogP contribution in [0.5, 0.6) is 0 Å². The van der Waals surface area contributed by atoms with E-state index in [1.54, 1.807) is 6.20 Å². The number of unbranched alkanes of at least 4 members (excludes halogenated alkanes) is 15. The first-order valence-corrected chi connectivity index (χ1v) is 19.5. The van der Waals surface area contributed by atoms with Crippen LogP contribution in [-0.4, -0.2) is 119 Å². The molecule has 1 fully saturated rings. The summed E-state index contributed by atoms with van der Waals surface area (Å²) in [6.07, 6.45) is 16.2. The van der Waals surface area contributed by atoms with Gasteiger partial charge in [-0.25, -0.2) is 4.98 Å². The van der Waals surface area contributed by atoms with Gasteiger partial charge in [-0.2, -0.15) is 0 Å². The highest BCUT2D eigenvalue weighted by molar-refractivity contribution is 8.00. The van der Waals surface area contributed by atoms with Crippen LogP contribution in [0.25, 0.3) is 0 Å². The maximum atomic E-state index is 13.5. The van der Waals surface area contributed by atoms with Gasteiger partial charge in [0, 0.05) is 37.5 Å². The summed E-state index contributed by atoms with van der Waals surface area (Å²) >= 11 is 1.03. The molecular formula is C35H63N5O8S. The third-order valence-corrected chi connectivity index (χ3v) is 10.6. The van der Waals surface area contributed by atoms with Crippen molar-refractivity contribution in [1.82, 2.24) is 25.5 Å². The Bertz CT molecular complexity index is 1050. The van der Waals surface area contributed by atoms with Crippen LogP contribution in [0.3, 0.4) is 0 Å². The summed E-state index contributed by atoms with van der Waals surface area (Å²) in [6, 6.07) is -2.02. The number of aromatic amines is 1. The molecule has 282 valence electrons. The van der Waals surface area contributed by atoms with Crippen molar-refractivity contribution in [3.63, 3.8) is 0 Å². The van der Waals surface area contributed by atoms with Crippen molar-refractivity contribution in [1.29, 1.82) is 0 Å². The van der Waals surface area contributed by atoms with Gasteiger partial charge >= 0.3 is 0 Å². The van der Waals surface area contributed by atoms with Crippen LogP contribution in [0.4, 0.5) is 0 Å². The summed E-state index contributed by atoms with van der Waals surface area (Å²) in [4.78, 5) is 47.4. The van der Waals surface area contributed by atoms with E-state index in [0.717, 1.165) is 35.9 Å². The lowest BCUT2D eigenvalue weighted by atomic mass is 10.0. The number of H-pyrrole nitrogens is 1. The second-order valence-electron chi connectivity index (χ2n) is 13.3. The number of rotatable bonds is 27. The zero-order valence-electron chi connectivity index (χ0n) is 29.6. The molecule has 0 radical (unpaired) electrons. The number of hydrogen-bond acceptors (Lipinski definition) is 10. The molecule has 1 aromatic rings. The molecule has 0 bridgehead atoms. The predicted octanol–water partition coefficient (Wildman–Crippen LogP) is 2.54. The first kappa shape index (κ1) is 42.9. The number of nitrogens with zero attached hydrogens (tertiary/aromatic N) is 2. The fraction of sp³-hybridized carbons (Fsp3) is 0.829. The van der Waals surface area contributed by atoms with E-state index in [-0.39, 0.29) is 18.1 Å². The van der Waals surface area contributed by atoms with E-state index in [9.17, 15) is 34.8 Å². The van der Waals surface area contributed by atoms with E-state index in [0.29, 0.717) is 12.2 Å². The van der Waals surface area contributed by atoms with Gasteiger partial charge in [-0.05, 0) is 6.42 Å². The SMILES string of the molecule is CCCCCCCCCCCCCCCCCCNC(=O)[C@H](Cc1cnc[nH]1)NC(=O)C1CSC([C@@H](O)[C@@H](O)[C@@H](O)[C@H](O)CO)N1C(C)=O. The van der Waals surface area contributed by atoms with Crippen LogP contribution < -0.4 is 10.6 Å². The number of aliphatic hydroxyl groups is 5. The molecule has 0 saturated carbocycles. The number of aliphatic hydroxyl groups excluding tert-OH is 5. The van der Waals surface area contributed by atoms with E-state index >= 15 is 0 Å². The molecule has 7 atom stereocenters.